The zero-order chi connectivity index (χ0) is 22.3. The number of aromatic nitrogens is 1. The fourth-order valence-electron chi connectivity index (χ4n) is 3.82. The number of nitrogens with one attached hydrogen (secondary N) is 1. The molecule has 0 radical (unpaired) electrons. The highest BCUT2D eigenvalue weighted by atomic mass is 32.2. The van der Waals surface area contributed by atoms with E-state index in [4.69, 9.17) is 9.26 Å². The van der Waals surface area contributed by atoms with Crippen molar-refractivity contribution in [2.75, 3.05) is 19.7 Å². The molecule has 0 bridgehead atoms. The van der Waals surface area contributed by atoms with Crippen molar-refractivity contribution in [1.82, 2.24) is 15.4 Å². The summed E-state index contributed by atoms with van der Waals surface area (Å²) >= 11 is 1.58. The number of carbonyl (C=O) groups is 1. The van der Waals surface area contributed by atoms with Crippen LogP contribution in [0.4, 0.5) is 0 Å². The molecule has 1 N–H and O–H groups in total. The summed E-state index contributed by atoms with van der Waals surface area (Å²) in [6.07, 6.45) is 0.275. The minimum Gasteiger partial charge on any atom is -0.376 e. The summed E-state index contributed by atoms with van der Waals surface area (Å²) in [5.41, 5.74) is 3.88. The van der Waals surface area contributed by atoms with Gasteiger partial charge in [0, 0.05) is 37.1 Å². The third-order valence-electron chi connectivity index (χ3n) is 5.35. The second-order valence-electron chi connectivity index (χ2n) is 8.14. The Kier molecular flexibility index (Phi) is 7.63. The van der Waals surface area contributed by atoms with Crippen LogP contribution in [-0.2, 0) is 23.6 Å². The number of aryl methyl sites for hydroxylation is 1. The SMILES string of the molecule is Cc1cc(CSc2ccccc2C(=O)NCc2cccc(CN3CCOC(C)C3)c2)on1. The van der Waals surface area contributed by atoms with Crippen molar-refractivity contribution in [3.05, 3.63) is 82.7 Å². The minimum absolute atomic E-state index is 0.0748. The normalized spacial score (nSPS) is 16.8. The number of rotatable bonds is 8. The first-order chi connectivity index (χ1) is 15.6. The highest BCUT2D eigenvalue weighted by Crippen LogP contribution is 2.26. The molecule has 7 heteroatoms. The summed E-state index contributed by atoms with van der Waals surface area (Å²) in [5.74, 6) is 1.36. The second-order valence-corrected chi connectivity index (χ2v) is 9.16. The standard InChI is InChI=1S/C25H29N3O3S/c1-18-12-22(31-27-18)17-32-24-9-4-3-8-23(24)25(29)26-14-20-6-5-7-21(13-20)16-28-10-11-30-19(2)15-28/h3-9,12-13,19H,10-11,14-17H2,1-2H3,(H,26,29). The van der Waals surface area contributed by atoms with Crippen molar-refractivity contribution >= 4 is 17.7 Å². The minimum atomic E-state index is -0.0748. The van der Waals surface area contributed by atoms with Gasteiger partial charge in [0.05, 0.1) is 29.7 Å². The molecule has 1 atom stereocenters. The van der Waals surface area contributed by atoms with E-state index in [1.54, 1.807) is 11.8 Å². The number of hydrogen-bond acceptors (Lipinski definition) is 6. The number of hydrogen-bond donors (Lipinski definition) is 1. The quantitative estimate of drug-likeness (QED) is 0.511. The molecule has 1 fully saturated rings. The summed E-state index contributed by atoms with van der Waals surface area (Å²) in [5, 5.41) is 6.99. The monoisotopic (exact) mass is 451 g/mol. The topological polar surface area (TPSA) is 67.6 Å². The third kappa shape index (κ3) is 6.22. The number of nitrogens with zero attached hydrogens (tertiary/aromatic N) is 2. The lowest BCUT2D eigenvalue weighted by Crippen LogP contribution is -2.40. The molecule has 0 saturated carbocycles. The molecule has 1 unspecified atom stereocenters. The van der Waals surface area contributed by atoms with Crippen molar-refractivity contribution in [2.45, 2.75) is 43.7 Å². The number of ether oxygens (including phenoxy) is 1. The van der Waals surface area contributed by atoms with Crippen molar-refractivity contribution in [2.24, 2.45) is 0 Å². The van der Waals surface area contributed by atoms with Gasteiger partial charge in [-0.05, 0) is 37.1 Å². The van der Waals surface area contributed by atoms with E-state index in [9.17, 15) is 4.79 Å². The highest BCUT2D eigenvalue weighted by molar-refractivity contribution is 7.98. The van der Waals surface area contributed by atoms with E-state index < -0.39 is 0 Å². The van der Waals surface area contributed by atoms with Gasteiger partial charge in [0.15, 0.2) is 0 Å². The molecule has 32 heavy (non-hydrogen) atoms. The molecule has 1 amide bonds. The van der Waals surface area contributed by atoms with Gasteiger partial charge in [0.25, 0.3) is 5.91 Å². The van der Waals surface area contributed by atoms with Gasteiger partial charge >= 0.3 is 0 Å². The first kappa shape index (κ1) is 22.6. The van der Waals surface area contributed by atoms with Crippen LogP contribution in [0.5, 0.6) is 0 Å². The maximum absolute atomic E-state index is 12.9. The Bertz CT molecular complexity index is 1050. The van der Waals surface area contributed by atoms with Crippen molar-refractivity contribution in [3.8, 4) is 0 Å². The maximum Gasteiger partial charge on any atom is 0.252 e. The average Bonchev–Trinajstić information content (AvgIpc) is 3.22. The largest absolute Gasteiger partial charge is 0.376 e. The molecule has 1 aliphatic heterocycles. The van der Waals surface area contributed by atoms with Gasteiger partial charge in [-0.2, -0.15) is 0 Å². The Labute approximate surface area is 193 Å². The summed E-state index contributed by atoms with van der Waals surface area (Å²) in [7, 11) is 0. The van der Waals surface area contributed by atoms with Crippen LogP contribution in [0.2, 0.25) is 0 Å². The van der Waals surface area contributed by atoms with Crippen LogP contribution in [0.1, 0.15) is 39.9 Å². The molecule has 2 aromatic carbocycles. The van der Waals surface area contributed by atoms with Crippen molar-refractivity contribution in [3.63, 3.8) is 0 Å². The number of morpholine rings is 1. The van der Waals surface area contributed by atoms with E-state index in [0.29, 0.717) is 17.9 Å². The van der Waals surface area contributed by atoms with Crippen molar-refractivity contribution < 1.29 is 14.1 Å². The van der Waals surface area contributed by atoms with Gasteiger partial charge in [-0.25, -0.2) is 0 Å². The Morgan fingerprint density at radius 1 is 1.19 bits per heavy atom. The summed E-state index contributed by atoms with van der Waals surface area (Å²) < 4.78 is 10.9. The molecular formula is C25H29N3O3S. The highest BCUT2D eigenvalue weighted by Gasteiger charge is 2.17. The van der Waals surface area contributed by atoms with Gasteiger partial charge in [0.1, 0.15) is 5.76 Å². The molecule has 0 aliphatic carbocycles. The third-order valence-corrected chi connectivity index (χ3v) is 6.45. The van der Waals surface area contributed by atoms with Gasteiger partial charge in [-0.15, -0.1) is 11.8 Å². The Balaban J connectivity index is 1.34. The first-order valence-corrected chi connectivity index (χ1v) is 11.9. The van der Waals surface area contributed by atoms with Crippen molar-refractivity contribution in [1.29, 1.82) is 0 Å². The predicted octanol–water partition coefficient (Wildman–Crippen LogP) is 4.43. The van der Waals surface area contributed by atoms with E-state index in [0.717, 1.165) is 48.2 Å². The lowest BCUT2D eigenvalue weighted by Gasteiger charge is -2.31. The molecule has 2 heterocycles. The Morgan fingerprint density at radius 3 is 2.84 bits per heavy atom. The van der Waals surface area contributed by atoms with Gasteiger partial charge < -0.3 is 14.6 Å². The number of amides is 1. The van der Waals surface area contributed by atoms with E-state index in [1.165, 1.54) is 5.56 Å². The van der Waals surface area contributed by atoms with Gasteiger partial charge in [-0.1, -0.05) is 41.6 Å². The molecule has 1 saturated heterocycles. The fourth-order valence-corrected chi connectivity index (χ4v) is 4.75. The van der Waals surface area contributed by atoms with Crippen LogP contribution >= 0.6 is 11.8 Å². The van der Waals surface area contributed by atoms with E-state index in [2.05, 4.69) is 46.6 Å². The van der Waals surface area contributed by atoms with Gasteiger partial charge in [0.2, 0.25) is 0 Å². The smallest absolute Gasteiger partial charge is 0.252 e. The summed E-state index contributed by atoms with van der Waals surface area (Å²) in [4.78, 5) is 16.2. The zero-order valence-electron chi connectivity index (χ0n) is 18.5. The van der Waals surface area contributed by atoms with Gasteiger partial charge in [-0.3, -0.25) is 9.69 Å². The van der Waals surface area contributed by atoms with Crippen LogP contribution in [0, 0.1) is 6.92 Å². The molecule has 1 aliphatic rings. The number of benzene rings is 2. The maximum atomic E-state index is 12.9. The van der Waals surface area contributed by atoms with Crippen LogP contribution in [0.25, 0.3) is 0 Å². The van der Waals surface area contributed by atoms with E-state index >= 15 is 0 Å². The molecular weight excluding hydrogens is 422 g/mol. The molecule has 0 spiro atoms. The molecule has 1 aromatic heterocycles. The summed E-state index contributed by atoms with van der Waals surface area (Å²) in [6.45, 7) is 8.08. The second kappa shape index (κ2) is 10.8. The number of thioether (sulfide) groups is 1. The predicted molar refractivity (Wildman–Crippen MR) is 126 cm³/mol. The first-order valence-electron chi connectivity index (χ1n) is 10.9. The molecule has 3 aromatic rings. The Morgan fingerprint density at radius 2 is 2.03 bits per heavy atom. The van der Waals surface area contributed by atoms with Crippen LogP contribution in [-0.4, -0.2) is 41.8 Å². The fraction of sp³-hybridized carbons (Fsp3) is 0.360. The number of carbonyl (C=O) groups excluding carboxylic acids is 1. The molecule has 168 valence electrons. The lowest BCUT2D eigenvalue weighted by molar-refractivity contribution is -0.0212. The van der Waals surface area contributed by atoms with Crippen LogP contribution in [0.15, 0.2) is 64.0 Å². The molecule has 6 nitrogen and oxygen atoms in total. The van der Waals surface area contributed by atoms with E-state index in [1.807, 2.05) is 37.3 Å². The van der Waals surface area contributed by atoms with Crippen LogP contribution < -0.4 is 5.32 Å². The summed E-state index contributed by atoms with van der Waals surface area (Å²) in [6, 6.07) is 18.0. The molecule has 4 rings (SSSR count). The average molecular weight is 452 g/mol. The zero-order valence-corrected chi connectivity index (χ0v) is 19.4. The van der Waals surface area contributed by atoms with E-state index in [-0.39, 0.29) is 12.0 Å². The van der Waals surface area contributed by atoms with Crippen LogP contribution in [0.3, 0.4) is 0 Å². The Hall–Kier alpha value is -2.61. The lowest BCUT2D eigenvalue weighted by atomic mass is 10.1.